The molecule has 0 aliphatic carbocycles. The minimum Gasteiger partial charge on any atom is -0.386 e. The lowest BCUT2D eigenvalue weighted by atomic mass is 10.1. The number of aryl methyl sites for hydroxylation is 1. The van der Waals surface area contributed by atoms with Gasteiger partial charge in [0, 0.05) is 6.54 Å². The lowest BCUT2D eigenvalue weighted by molar-refractivity contribution is -0.385. The fourth-order valence-electron chi connectivity index (χ4n) is 2.01. The van der Waals surface area contributed by atoms with Crippen LogP contribution in [0.3, 0.4) is 0 Å². The minimum atomic E-state index is -1.65. The molecule has 1 aromatic carbocycles. The third-order valence-corrected chi connectivity index (χ3v) is 3.10. The summed E-state index contributed by atoms with van der Waals surface area (Å²) in [6.07, 6.45) is -1.65. The molecule has 1 aromatic heterocycles. The Hall–Kier alpha value is -2.88. The number of aromatic nitrogens is 2. The van der Waals surface area contributed by atoms with Crippen molar-refractivity contribution in [2.75, 3.05) is 6.54 Å². The molecule has 10 heteroatoms. The second kappa shape index (κ2) is 6.48. The predicted molar refractivity (Wildman–Crippen MR) is 73.6 cm³/mol. The second-order valence-corrected chi connectivity index (χ2v) is 4.66. The number of aliphatic hydroxyl groups is 1. The van der Waals surface area contributed by atoms with Gasteiger partial charge in [0.05, 0.1) is 10.5 Å². The lowest BCUT2D eigenvalue weighted by Gasteiger charge is -2.13. The number of H-pyrrole nitrogens is 1. The molecular weight excluding hydrogens is 314 g/mol. The summed E-state index contributed by atoms with van der Waals surface area (Å²) >= 11 is 0. The molecule has 122 valence electrons. The van der Waals surface area contributed by atoms with E-state index in [-0.39, 0.29) is 5.69 Å². The average molecular weight is 326 g/mol. The summed E-state index contributed by atoms with van der Waals surface area (Å²) < 4.78 is 27.0. The number of nitro groups is 1. The van der Waals surface area contributed by atoms with Crippen molar-refractivity contribution >= 4 is 11.6 Å². The molecule has 0 radical (unpaired) electrons. The quantitative estimate of drug-likeness (QED) is 0.566. The first-order valence-corrected chi connectivity index (χ1v) is 6.42. The molecule has 1 amide bonds. The summed E-state index contributed by atoms with van der Waals surface area (Å²) in [5.74, 6) is -2.88. The van der Waals surface area contributed by atoms with Gasteiger partial charge >= 0.3 is 5.69 Å². The van der Waals surface area contributed by atoms with Crippen LogP contribution in [0.1, 0.15) is 27.8 Å². The Morgan fingerprint density at radius 1 is 1.48 bits per heavy atom. The molecule has 23 heavy (non-hydrogen) atoms. The standard InChI is InChI=1S/C13H12F2N4O4/c1-6-12(19(22)23)11(18-17-6)13(21)16-5-9(20)10-7(14)3-2-4-8(10)15/h2-4,9,20H,5H2,1H3,(H,16,21)(H,17,18)/t9-/m0/s1. The van der Waals surface area contributed by atoms with Crippen molar-refractivity contribution in [3.8, 4) is 0 Å². The summed E-state index contributed by atoms with van der Waals surface area (Å²) in [6, 6.07) is 3.06. The van der Waals surface area contributed by atoms with Gasteiger partial charge in [0.25, 0.3) is 5.91 Å². The van der Waals surface area contributed by atoms with Crippen LogP contribution in [0, 0.1) is 28.7 Å². The lowest BCUT2D eigenvalue weighted by Crippen LogP contribution is -2.29. The van der Waals surface area contributed by atoms with Crippen LogP contribution in [0.5, 0.6) is 0 Å². The molecule has 0 aliphatic rings. The topological polar surface area (TPSA) is 121 Å². The van der Waals surface area contributed by atoms with Crippen molar-refractivity contribution in [2.24, 2.45) is 0 Å². The third-order valence-electron chi connectivity index (χ3n) is 3.10. The van der Waals surface area contributed by atoms with Crippen LogP contribution in [-0.2, 0) is 0 Å². The van der Waals surface area contributed by atoms with Gasteiger partial charge in [-0.1, -0.05) is 6.07 Å². The van der Waals surface area contributed by atoms with E-state index in [1.54, 1.807) is 0 Å². The van der Waals surface area contributed by atoms with Crippen molar-refractivity contribution in [1.82, 2.24) is 15.5 Å². The van der Waals surface area contributed by atoms with E-state index in [2.05, 4.69) is 15.5 Å². The highest BCUT2D eigenvalue weighted by molar-refractivity contribution is 5.96. The maximum atomic E-state index is 13.5. The van der Waals surface area contributed by atoms with Crippen molar-refractivity contribution in [2.45, 2.75) is 13.0 Å². The molecule has 2 rings (SSSR count). The first kappa shape index (κ1) is 16.5. The Bertz CT molecular complexity index is 742. The van der Waals surface area contributed by atoms with E-state index in [0.717, 1.165) is 18.2 Å². The zero-order chi connectivity index (χ0) is 17.1. The molecule has 1 atom stereocenters. The van der Waals surface area contributed by atoms with Gasteiger partial charge < -0.3 is 10.4 Å². The summed E-state index contributed by atoms with van der Waals surface area (Å²) in [4.78, 5) is 22.0. The van der Waals surface area contributed by atoms with Gasteiger partial charge in [0.15, 0.2) is 0 Å². The summed E-state index contributed by atoms with van der Waals surface area (Å²) in [5.41, 5.74) is -1.50. The normalized spacial score (nSPS) is 12.0. The number of nitrogens with zero attached hydrogens (tertiary/aromatic N) is 2. The highest BCUT2D eigenvalue weighted by Crippen LogP contribution is 2.22. The van der Waals surface area contributed by atoms with Gasteiger partial charge in [-0.3, -0.25) is 20.0 Å². The number of rotatable bonds is 5. The van der Waals surface area contributed by atoms with Crippen molar-refractivity contribution in [1.29, 1.82) is 0 Å². The Kier molecular flexibility index (Phi) is 4.65. The number of aliphatic hydroxyl groups excluding tert-OH is 1. The number of amides is 1. The van der Waals surface area contributed by atoms with Gasteiger partial charge in [-0.25, -0.2) is 8.78 Å². The van der Waals surface area contributed by atoms with Crippen LogP contribution in [0.2, 0.25) is 0 Å². The van der Waals surface area contributed by atoms with E-state index in [1.165, 1.54) is 6.92 Å². The molecule has 8 nitrogen and oxygen atoms in total. The predicted octanol–water partition coefficient (Wildman–Crippen LogP) is 1.37. The molecule has 0 bridgehead atoms. The highest BCUT2D eigenvalue weighted by Gasteiger charge is 2.28. The molecule has 0 fully saturated rings. The molecule has 3 N–H and O–H groups in total. The van der Waals surface area contributed by atoms with Crippen molar-refractivity contribution in [3.05, 3.63) is 56.9 Å². The molecule has 0 saturated heterocycles. The van der Waals surface area contributed by atoms with Gasteiger partial charge in [-0.15, -0.1) is 0 Å². The number of aromatic amines is 1. The summed E-state index contributed by atoms with van der Waals surface area (Å²) in [6.45, 7) is 0.825. The molecule has 1 heterocycles. The molecule has 0 spiro atoms. The number of halogens is 2. The Morgan fingerprint density at radius 3 is 2.65 bits per heavy atom. The van der Waals surface area contributed by atoms with Gasteiger partial charge in [0.2, 0.25) is 5.69 Å². The molecule has 2 aromatic rings. The number of carbonyl (C=O) groups is 1. The fourth-order valence-corrected chi connectivity index (χ4v) is 2.01. The van der Waals surface area contributed by atoms with E-state index in [1.807, 2.05) is 0 Å². The third kappa shape index (κ3) is 3.31. The Labute approximate surface area is 128 Å². The van der Waals surface area contributed by atoms with Crippen molar-refractivity contribution in [3.63, 3.8) is 0 Å². The van der Waals surface area contributed by atoms with Crippen LogP contribution in [-0.4, -0.2) is 32.7 Å². The smallest absolute Gasteiger partial charge is 0.322 e. The van der Waals surface area contributed by atoms with Gasteiger partial charge in [0.1, 0.15) is 23.4 Å². The molecule has 0 aliphatic heterocycles. The number of hydrogen-bond donors (Lipinski definition) is 3. The maximum absolute atomic E-state index is 13.5. The SMILES string of the molecule is Cc1[nH]nc(C(=O)NC[C@H](O)c2c(F)cccc2F)c1[N+](=O)[O-]. The second-order valence-electron chi connectivity index (χ2n) is 4.66. The van der Waals surface area contributed by atoms with E-state index in [0.29, 0.717) is 0 Å². The minimum absolute atomic E-state index is 0.0841. The van der Waals surface area contributed by atoms with E-state index in [9.17, 15) is 28.8 Å². The van der Waals surface area contributed by atoms with Crippen LogP contribution in [0.4, 0.5) is 14.5 Å². The summed E-state index contributed by atoms with van der Waals surface area (Å²) in [5, 5.41) is 28.6. The zero-order valence-corrected chi connectivity index (χ0v) is 11.8. The number of carbonyl (C=O) groups excluding carboxylic acids is 1. The van der Waals surface area contributed by atoms with E-state index in [4.69, 9.17) is 0 Å². The van der Waals surface area contributed by atoms with Gasteiger partial charge in [-0.05, 0) is 19.1 Å². The van der Waals surface area contributed by atoms with Crippen LogP contribution in [0.25, 0.3) is 0 Å². The van der Waals surface area contributed by atoms with Crippen LogP contribution in [0.15, 0.2) is 18.2 Å². The Balaban J connectivity index is 2.12. The first-order valence-electron chi connectivity index (χ1n) is 6.42. The van der Waals surface area contributed by atoms with E-state index >= 15 is 0 Å². The number of benzene rings is 1. The fraction of sp³-hybridized carbons (Fsp3) is 0.231. The molecule has 0 saturated carbocycles. The largest absolute Gasteiger partial charge is 0.386 e. The maximum Gasteiger partial charge on any atom is 0.322 e. The first-order chi connectivity index (χ1) is 10.8. The van der Waals surface area contributed by atoms with Crippen LogP contribution < -0.4 is 5.32 Å². The Morgan fingerprint density at radius 2 is 2.09 bits per heavy atom. The zero-order valence-electron chi connectivity index (χ0n) is 11.8. The monoisotopic (exact) mass is 326 g/mol. The molecular formula is C13H12F2N4O4. The number of nitrogens with one attached hydrogen (secondary N) is 2. The van der Waals surface area contributed by atoms with Gasteiger partial charge in [-0.2, -0.15) is 5.10 Å². The van der Waals surface area contributed by atoms with E-state index < -0.39 is 52.1 Å². The average Bonchev–Trinajstić information content (AvgIpc) is 2.86. The highest BCUT2D eigenvalue weighted by atomic mass is 19.1. The summed E-state index contributed by atoms with van der Waals surface area (Å²) in [7, 11) is 0. The van der Waals surface area contributed by atoms with Crippen LogP contribution >= 0.6 is 0 Å². The molecule has 0 unspecified atom stereocenters. The van der Waals surface area contributed by atoms with Crippen molar-refractivity contribution < 1.29 is 23.6 Å². The number of hydrogen-bond acceptors (Lipinski definition) is 5.